The van der Waals surface area contributed by atoms with Crippen LogP contribution in [-0.4, -0.2) is 4.98 Å². The summed E-state index contributed by atoms with van der Waals surface area (Å²) >= 11 is 2.04. The van der Waals surface area contributed by atoms with E-state index in [1.165, 1.54) is 18.3 Å². The number of aromatic nitrogens is 1. The average molecular weight is 317 g/mol. The van der Waals surface area contributed by atoms with E-state index in [0.717, 1.165) is 3.57 Å². The van der Waals surface area contributed by atoms with Crippen molar-refractivity contribution in [2.24, 2.45) is 0 Å². The van der Waals surface area contributed by atoms with E-state index in [0.29, 0.717) is 11.1 Å². The Kier molecular flexibility index (Phi) is 2.95. The molecule has 0 fully saturated rings. The van der Waals surface area contributed by atoms with Crippen molar-refractivity contribution in [2.45, 2.75) is 0 Å². The van der Waals surface area contributed by atoms with Crippen molar-refractivity contribution in [1.82, 2.24) is 4.98 Å². The second-order valence-corrected chi connectivity index (χ2v) is 4.13. The Bertz CT molecular complexity index is 500. The van der Waals surface area contributed by atoms with Gasteiger partial charge in [-0.3, -0.25) is 0 Å². The van der Waals surface area contributed by atoms with Crippen LogP contribution in [-0.2, 0) is 0 Å². The highest BCUT2D eigenvalue weighted by Gasteiger charge is 2.09. The third kappa shape index (κ3) is 2.14. The van der Waals surface area contributed by atoms with Crippen molar-refractivity contribution in [2.75, 3.05) is 0 Å². The zero-order valence-corrected chi connectivity index (χ0v) is 9.70. The van der Waals surface area contributed by atoms with E-state index in [9.17, 15) is 8.78 Å². The van der Waals surface area contributed by atoms with Gasteiger partial charge in [0, 0.05) is 20.9 Å². The number of pyridine rings is 1. The number of rotatable bonds is 1. The Morgan fingerprint density at radius 1 is 1.07 bits per heavy atom. The zero-order valence-electron chi connectivity index (χ0n) is 7.55. The molecule has 0 saturated heterocycles. The van der Waals surface area contributed by atoms with E-state index in [1.807, 2.05) is 22.6 Å². The Labute approximate surface area is 99.3 Å². The molecule has 1 nitrogen and oxygen atoms in total. The van der Waals surface area contributed by atoms with Gasteiger partial charge in [-0.1, -0.05) is 0 Å². The fraction of sp³-hybridized carbons (Fsp3) is 0. The maximum Gasteiger partial charge on any atom is 0.220 e. The Hall–Kier alpha value is -1.04. The first-order chi connectivity index (χ1) is 7.18. The van der Waals surface area contributed by atoms with E-state index in [4.69, 9.17) is 0 Å². The lowest BCUT2D eigenvalue weighted by Gasteiger charge is -2.05. The van der Waals surface area contributed by atoms with Crippen molar-refractivity contribution in [3.8, 4) is 11.1 Å². The Morgan fingerprint density at radius 2 is 1.87 bits per heavy atom. The lowest BCUT2D eigenvalue weighted by Crippen LogP contribution is -1.91. The Morgan fingerprint density at radius 3 is 2.60 bits per heavy atom. The normalized spacial score (nSPS) is 10.3. The van der Waals surface area contributed by atoms with Crippen molar-refractivity contribution in [3.05, 3.63) is 51.9 Å². The monoisotopic (exact) mass is 317 g/mol. The fourth-order valence-electron chi connectivity index (χ4n) is 1.29. The molecule has 0 amide bonds. The van der Waals surface area contributed by atoms with Crippen LogP contribution in [0, 0.1) is 15.3 Å². The first kappa shape index (κ1) is 10.5. The van der Waals surface area contributed by atoms with E-state index in [-0.39, 0.29) is 5.82 Å². The molecule has 0 spiro atoms. The molecule has 0 saturated carbocycles. The number of hydrogen-bond acceptors (Lipinski definition) is 1. The molecular weight excluding hydrogens is 311 g/mol. The van der Waals surface area contributed by atoms with Gasteiger partial charge in [0.1, 0.15) is 5.82 Å². The van der Waals surface area contributed by atoms with Crippen LogP contribution in [0.1, 0.15) is 0 Å². The van der Waals surface area contributed by atoms with E-state index < -0.39 is 5.95 Å². The van der Waals surface area contributed by atoms with E-state index in [1.54, 1.807) is 18.2 Å². The fourth-order valence-corrected chi connectivity index (χ4v) is 1.92. The first-order valence-electron chi connectivity index (χ1n) is 4.24. The molecule has 0 aliphatic rings. The summed E-state index contributed by atoms with van der Waals surface area (Å²) in [6, 6.07) is 7.47. The molecule has 0 atom stereocenters. The zero-order chi connectivity index (χ0) is 10.8. The molecule has 76 valence electrons. The van der Waals surface area contributed by atoms with Crippen molar-refractivity contribution in [1.29, 1.82) is 0 Å². The molecule has 2 rings (SSSR count). The number of hydrogen-bond donors (Lipinski definition) is 0. The molecular formula is C11H6F2IN. The summed E-state index contributed by atoms with van der Waals surface area (Å²) in [6.45, 7) is 0. The molecule has 0 radical (unpaired) electrons. The van der Waals surface area contributed by atoms with Crippen molar-refractivity contribution < 1.29 is 8.78 Å². The Balaban J connectivity index is 2.64. The standard InChI is InChI=1S/C11H6F2IN/c12-7-3-4-10(14)9(6-7)8-2-1-5-15-11(8)13/h1-6H. The topological polar surface area (TPSA) is 12.9 Å². The van der Waals surface area contributed by atoms with Gasteiger partial charge in [0.05, 0.1) is 0 Å². The number of nitrogens with zero attached hydrogens (tertiary/aromatic N) is 1. The SMILES string of the molecule is Fc1ccc(I)c(-c2cccnc2F)c1. The average Bonchev–Trinajstić information content (AvgIpc) is 2.23. The highest BCUT2D eigenvalue weighted by atomic mass is 127. The van der Waals surface area contributed by atoms with Gasteiger partial charge in [-0.2, -0.15) is 4.39 Å². The van der Waals surface area contributed by atoms with E-state index in [2.05, 4.69) is 4.98 Å². The predicted molar refractivity (Wildman–Crippen MR) is 62.3 cm³/mol. The largest absolute Gasteiger partial charge is 0.228 e. The summed E-state index contributed by atoms with van der Waals surface area (Å²) in [5, 5.41) is 0. The van der Waals surface area contributed by atoms with Gasteiger partial charge >= 0.3 is 0 Å². The molecule has 0 unspecified atom stereocenters. The summed E-state index contributed by atoms with van der Waals surface area (Å²) in [7, 11) is 0. The minimum absolute atomic E-state index is 0.321. The summed E-state index contributed by atoms with van der Waals surface area (Å²) in [5.41, 5.74) is 0.850. The van der Waals surface area contributed by atoms with Crippen LogP contribution < -0.4 is 0 Å². The molecule has 1 aromatic carbocycles. The molecule has 2 aromatic rings. The lowest BCUT2D eigenvalue weighted by molar-refractivity contribution is 0.587. The van der Waals surface area contributed by atoms with Gasteiger partial charge in [0.25, 0.3) is 0 Å². The highest BCUT2D eigenvalue weighted by Crippen LogP contribution is 2.27. The predicted octanol–water partition coefficient (Wildman–Crippen LogP) is 3.63. The third-order valence-corrected chi connectivity index (χ3v) is 2.92. The summed E-state index contributed by atoms with van der Waals surface area (Å²) in [6.07, 6.45) is 1.37. The minimum atomic E-state index is -0.582. The van der Waals surface area contributed by atoms with Crippen molar-refractivity contribution >= 4 is 22.6 Å². The van der Waals surface area contributed by atoms with Crippen LogP contribution >= 0.6 is 22.6 Å². The van der Waals surface area contributed by atoms with Gasteiger partial charge in [0.15, 0.2) is 0 Å². The molecule has 1 aromatic heterocycles. The lowest BCUT2D eigenvalue weighted by atomic mass is 10.1. The van der Waals surface area contributed by atoms with E-state index >= 15 is 0 Å². The van der Waals surface area contributed by atoms with Gasteiger partial charge in [-0.05, 0) is 52.9 Å². The van der Waals surface area contributed by atoms with Crippen LogP contribution in [0.5, 0.6) is 0 Å². The molecule has 0 aliphatic carbocycles. The molecule has 4 heteroatoms. The van der Waals surface area contributed by atoms with Crippen LogP contribution in [0.4, 0.5) is 8.78 Å². The smallest absolute Gasteiger partial charge is 0.220 e. The second-order valence-electron chi connectivity index (χ2n) is 2.97. The maximum atomic E-state index is 13.4. The van der Waals surface area contributed by atoms with Gasteiger partial charge in [-0.25, -0.2) is 9.37 Å². The molecule has 0 aliphatic heterocycles. The van der Waals surface area contributed by atoms with Crippen molar-refractivity contribution in [3.63, 3.8) is 0 Å². The van der Waals surface area contributed by atoms with Crippen LogP contribution in [0.3, 0.4) is 0 Å². The number of halogens is 3. The molecule has 15 heavy (non-hydrogen) atoms. The second kappa shape index (κ2) is 4.22. The molecule has 0 bridgehead atoms. The van der Waals surface area contributed by atoms with Crippen LogP contribution in [0.2, 0.25) is 0 Å². The summed E-state index contributed by atoms with van der Waals surface area (Å²) in [4.78, 5) is 3.53. The van der Waals surface area contributed by atoms with Gasteiger partial charge in [-0.15, -0.1) is 0 Å². The van der Waals surface area contributed by atoms with Gasteiger partial charge < -0.3 is 0 Å². The first-order valence-corrected chi connectivity index (χ1v) is 5.32. The summed E-state index contributed by atoms with van der Waals surface area (Å²) < 4.78 is 27.2. The quantitative estimate of drug-likeness (QED) is 0.578. The summed E-state index contributed by atoms with van der Waals surface area (Å²) in [5.74, 6) is -0.963. The highest BCUT2D eigenvalue weighted by molar-refractivity contribution is 14.1. The molecule has 0 N–H and O–H groups in total. The van der Waals surface area contributed by atoms with Crippen LogP contribution in [0.15, 0.2) is 36.5 Å². The maximum absolute atomic E-state index is 13.4. The molecule has 1 heterocycles. The number of benzene rings is 1. The minimum Gasteiger partial charge on any atom is -0.228 e. The third-order valence-electron chi connectivity index (χ3n) is 1.98. The van der Waals surface area contributed by atoms with Gasteiger partial charge in [0.2, 0.25) is 5.95 Å². The van der Waals surface area contributed by atoms with Crippen LogP contribution in [0.25, 0.3) is 11.1 Å².